The Morgan fingerprint density at radius 2 is 1.89 bits per heavy atom. The molecule has 1 atom stereocenters. The van der Waals surface area contributed by atoms with Gasteiger partial charge in [0.15, 0.2) is 0 Å². The van der Waals surface area contributed by atoms with Gasteiger partial charge in [0.2, 0.25) is 0 Å². The second kappa shape index (κ2) is 8.58. The van der Waals surface area contributed by atoms with E-state index in [-0.39, 0.29) is 0 Å². The number of hydrogen-bond acceptors (Lipinski definition) is 1. The fourth-order valence-electron chi connectivity index (χ4n) is 2.40. The standard InChI is InChI=1S/C16H21N.C2H6/c1-3-10-17-11-9-14(2)12-16(17)13-15-7-5-4-6-8-15;1-2/h4-9,11,16H,2-3,10,12-13H2,1H3;1-2H3. The van der Waals surface area contributed by atoms with Crippen LogP contribution < -0.4 is 0 Å². The quantitative estimate of drug-likeness (QED) is 0.748. The predicted octanol–water partition coefficient (Wildman–Crippen LogP) is 4.81. The molecule has 1 heterocycles. The molecule has 0 amide bonds. The molecule has 0 N–H and O–H groups in total. The van der Waals surface area contributed by atoms with E-state index in [0.29, 0.717) is 6.04 Å². The van der Waals surface area contributed by atoms with Gasteiger partial charge in [-0.25, -0.2) is 0 Å². The van der Waals surface area contributed by atoms with E-state index in [4.69, 9.17) is 0 Å². The molecule has 1 aromatic rings. The Morgan fingerprint density at radius 1 is 1.21 bits per heavy atom. The summed E-state index contributed by atoms with van der Waals surface area (Å²) in [4.78, 5) is 2.46. The molecule has 1 aromatic carbocycles. The van der Waals surface area contributed by atoms with Gasteiger partial charge in [-0.1, -0.05) is 63.3 Å². The summed E-state index contributed by atoms with van der Waals surface area (Å²) in [5.41, 5.74) is 2.67. The highest BCUT2D eigenvalue weighted by Crippen LogP contribution is 2.22. The largest absolute Gasteiger partial charge is 0.374 e. The molecule has 0 saturated heterocycles. The van der Waals surface area contributed by atoms with Crippen LogP contribution in [0.2, 0.25) is 0 Å². The van der Waals surface area contributed by atoms with Crippen LogP contribution in [0.4, 0.5) is 0 Å². The number of rotatable bonds is 4. The average Bonchev–Trinajstić information content (AvgIpc) is 2.45. The van der Waals surface area contributed by atoms with E-state index >= 15 is 0 Å². The van der Waals surface area contributed by atoms with Gasteiger partial charge in [-0.15, -0.1) is 0 Å². The zero-order chi connectivity index (χ0) is 14.1. The normalized spacial score (nSPS) is 17.9. The summed E-state index contributed by atoms with van der Waals surface area (Å²) in [6.07, 6.45) is 7.76. The van der Waals surface area contributed by atoms with Gasteiger partial charge in [0.05, 0.1) is 0 Å². The highest BCUT2D eigenvalue weighted by atomic mass is 15.1. The van der Waals surface area contributed by atoms with E-state index in [1.807, 2.05) is 13.8 Å². The number of allylic oxidation sites excluding steroid dienone is 1. The van der Waals surface area contributed by atoms with Crippen molar-refractivity contribution in [3.05, 3.63) is 60.3 Å². The highest BCUT2D eigenvalue weighted by molar-refractivity contribution is 5.23. The first kappa shape index (κ1) is 15.6. The topological polar surface area (TPSA) is 3.24 Å². The van der Waals surface area contributed by atoms with Crippen molar-refractivity contribution >= 4 is 0 Å². The molecule has 1 nitrogen and oxygen atoms in total. The van der Waals surface area contributed by atoms with Crippen LogP contribution in [0.5, 0.6) is 0 Å². The molecular weight excluding hydrogens is 230 g/mol. The lowest BCUT2D eigenvalue weighted by atomic mass is 9.96. The third kappa shape index (κ3) is 4.94. The molecule has 0 fully saturated rings. The Balaban J connectivity index is 0.000000861. The molecule has 104 valence electrons. The molecule has 0 saturated carbocycles. The maximum atomic E-state index is 4.09. The molecule has 0 aliphatic carbocycles. The van der Waals surface area contributed by atoms with Crippen molar-refractivity contribution in [1.29, 1.82) is 0 Å². The van der Waals surface area contributed by atoms with Crippen LogP contribution >= 0.6 is 0 Å². The molecule has 1 unspecified atom stereocenters. The zero-order valence-electron chi connectivity index (χ0n) is 12.6. The summed E-state index contributed by atoms with van der Waals surface area (Å²) in [6, 6.07) is 11.3. The van der Waals surface area contributed by atoms with Crippen LogP contribution in [0.25, 0.3) is 0 Å². The molecule has 0 radical (unpaired) electrons. The minimum Gasteiger partial charge on any atom is -0.374 e. The monoisotopic (exact) mass is 257 g/mol. The highest BCUT2D eigenvalue weighted by Gasteiger charge is 2.19. The summed E-state index contributed by atoms with van der Waals surface area (Å²) < 4.78 is 0. The zero-order valence-corrected chi connectivity index (χ0v) is 12.6. The van der Waals surface area contributed by atoms with Crippen molar-refractivity contribution in [3.8, 4) is 0 Å². The third-order valence-electron chi connectivity index (χ3n) is 3.26. The van der Waals surface area contributed by atoms with Gasteiger partial charge in [-0.2, -0.15) is 0 Å². The van der Waals surface area contributed by atoms with Crippen LogP contribution in [0, 0.1) is 0 Å². The van der Waals surface area contributed by atoms with E-state index < -0.39 is 0 Å². The van der Waals surface area contributed by atoms with Gasteiger partial charge < -0.3 is 4.90 Å². The molecule has 0 bridgehead atoms. The van der Waals surface area contributed by atoms with E-state index in [1.54, 1.807) is 0 Å². The van der Waals surface area contributed by atoms with Crippen molar-refractivity contribution in [3.63, 3.8) is 0 Å². The van der Waals surface area contributed by atoms with Gasteiger partial charge >= 0.3 is 0 Å². The van der Waals surface area contributed by atoms with Gasteiger partial charge in [0.25, 0.3) is 0 Å². The molecular formula is C18H27N. The SMILES string of the molecule is C=C1C=CN(CCC)C(Cc2ccccc2)C1.CC. The predicted molar refractivity (Wildman–Crippen MR) is 85.2 cm³/mol. The van der Waals surface area contributed by atoms with Gasteiger partial charge in [-0.05, 0) is 37.1 Å². The van der Waals surface area contributed by atoms with Crippen molar-refractivity contribution in [2.24, 2.45) is 0 Å². The fraction of sp³-hybridized carbons (Fsp3) is 0.444. The summed E-state index contributed by atoms with van der Waals surface area (Å²) in [6.45, 7) is 11.5. The van der Waals surface area contributed by atoms with Gasteiger partial charge in [0.1, 0.15) is 0 Å². The summed E-state index contributed by atoms with van der Waals surface area (Å²) in [5.74, 6) is 0. The Kier molecular flexibility index (Phi) is 7.02. The molecule has 0 spiro atoms. The van der Waals surface area contributed by atoms with Gasteiger partial charge in [0, 0.05) is 12.6 Å². The molecule has 2 rings (SSSR count). The Hall–Kier alpha value is -1.50. The summed E-state index contributed by atoms with van der Waals surface area (Å²) >= 11 is 0. The minimum atomic E-state index is 0.579. The molecule has 1 aliphatic rings. The first-order valence-electron chi connectivity index (χ1n) is 7.45. The molecule has 19 heavy (non-hydrogen) atoms. The van der Waals surface area contributed by atoms with E-state index in [0.717, 1.165) is 19.4 Å². The number of nitrogens with zero attached hydrogens (tertiary/aromatic N) is 1. The van der Waals surface area contributed by atoms with Gasteiger partial charge in [-0.3, -0.25) is 0 Å². The lowest BCUT2D eigenvalue weighted by molar-refractivity contribution is 0.264. The minimum absolute atomic E-state index is 0.579. The van der Waals surface area contributed by atoms with Crippen molar-refractivity contribution in [1.82, 2.24) is 4.90 Å². The molecule has 1 heteroatoms. The Labute approximate surface area is 118 Å². The first-order chi connectivity index (χ1) is 9.29. The summed E-state index contributed by atoms with van der Waals surface area (Å²) in [7, 11) is 0. The fourth-order valence-corrected chi connectivity index (χ4v) is 2.40. The smallest absolute Gasteiger partial charge is 0.0364 e. The third-order valence-corrected chi connectivity index (χ3v) is 3.26. The van der Waals surface area contributed by atoms with Crippen LogP contribution in [-0.2, 0) is 6.42 Å². The van der Waals surface area contributed by atoms with Crippen molar-refractivity contribution in [2.75, 3.05) is 6.54 Å². The second-order valence-electron chi connectivity index (χ2n) is 4.76. The van der Waals surface area contributed by atoms with Crippen LogP contribution in [0.3, 0.4) is 0 Å². The molecule has 0 aromatic heterocycles. The molecule has 1 aliphatic heterocycles. The average molecular weight is 257 g/mol. The number of benzene rings is 1. The van der Waals surface area contributed by atoms with E-state index in [9.17, 15) is 0 Å². The first-order valence-corrected chi connectivity index (χ1v) is 7.45. The second-order valence-corrected chi connectivity index (χ2v) is 4.76. The maximum Gasteiger partial charge on any atom is 0.0364 e. The Morgan fingerprint density at radius 3 is 2.53 bits per heavy atom. The number of hydrogen-bond donors (Lipinski definition) is 0. The lowest BCUT2D eigenvalue weighted by Gasteiger charge is -2.34. The summed E-state index contributed by atoms with van der Waals surface area (Å²) in [5, 5.41) is 0. The maximum absolute atomic E-state index is 4.09. The van der Waals surface area contributed by atoms with Crippen LogP contribution in [-0.4, -0.2) is 17.5 Å². The van der Waals surface area contributed by atoms with Crippen LogP contribution in [0.15, 0.2) is 54.8 Å². The van der Waals surface area contributed by atoms with Crippen LogP contribution in [0.1, 0.15) is 39.2 Å². The van der Waals surface area contributed by atoms with E-state index in [1.165, 1.54) is 17.6 Å². The lowest BCUT2D eigenvalue weighted by Crippen LogP contribution is -2.35. The van der Waals surface area contributed by atoms with E-state index in [2.05, 4.69) is 61.0 Å². The van der Waals surface area contributed by atoms with Crippen molar-refractivity contribution in [2.45, 2.75) is 46.1 Å². The Bertz CT molecular complexity index is 391. The van der Waals surface area contributed by atoms with Crippen molar-refractivity contribution < 1.29 is 0 Å².